The maximum atomic E-state index is 11.8. The number of benzene rings is 1. The number of carbonyl (C=O) groups excluding carboxylic acids is 1. The van der Waals surface area contributed by atoms with Crippen LogP contribution in [0.2, 0.25) is 10.0 Å². The summed E-state index contributed by atoms with van der Waals surface area (Å²) in [5.74, 6) is -0.707. The van der Waals surface area contributed by atoms with E-state index in [4.69, 9.17) is 23.2 Å². The Morgan fingerprint density at radius 1 is 1.38 bits per heavy atom. The molecule has 0 aliphatic carbocycles. The molecule has 0 spiro atoms. The summed E-state index contributed by atoms with van der Waals surface area (Å²) in [4.78, 5) is 11.8. The van der Waals surface area contributed by atoms with Gasteiger partial charge < -0.3 is 10.4 Å². The zero-order valence-corrected chi connectivity index (χ0v) is 13.4. The van der Waals surface area contributed by atoms with Crippen molar-refractivity contribution in [3.63, 3.8) is 0 Å². The van der Waals surface area contributed by atoms with E-state index in [1.807, 2.05) is 0 Å². The van der Waals surface area contributed by atoms with Crippen molar-refractivity contribution in [3.8, 4) is 0 Å². The minimum atomic E-state index is -3.21. The second kappa shape index (κ2) is 6.12. The van der Waals surface area contributed by atoms with E-state index in [-0.39, 0.29) is 36.8 Å². The predicted octanol–water partition coefficient (Wildman–Crippen LogP) is 1.20. The molecule has 2 rings (SSSR count). The minimum Gasteiger partial charge on any atom is -0.387 e. The number of hydrogen-bond acceptors (Lipinski definition) is 4. The van der Waals surface area contributed by atoms with Crippen molar-refractivity contribution in [2.75, 3.05) is 18.1 Å². The Bertz CT molecular complexity index is 662. The summed E-state index contributed by atoms with van der Waals surface area (Å²) in [5, 5.41) is 13.5. The Hall–Kier alpha value is -0.820. The lowest BCUT2D eigenvalue weighted by molar-refractivity contribution is -0.121. The highest BCUT2D eigenvalue weighted by Crippen LogP contribution is 2.23. The van der Waals surface area contributed by atoms with E-state index in [1.54, 1.807) is 18.2 Å². The fraction of sp³-hybridized carbons (Fsp3) is 0.462. The Morgan fingerprint density at radius 2 is 2.10 bits per heavy atom. The molecule has 0 saturated carbocycles. The number of hydrogen-bond donors (Lipinski definition) is 2. The number of aliphatic hydroxyl groups is 1. The van der Waals surface area contributed by atoms with E-state index in [0.29, 0.717) is 15.6 Å². The van der Waals surface area contributed by atoms with Crippen molar-refractivity contribution in [1.82, 2.24) is 5.32 Å². The zero-order chi connectivity index (χ0) is 15.7. The van der Waals surface area contributed by atoms with E-state index in [9.17, 15) is 18.3 Å². The van der Waals surface area contributed by atoms with Crippen molar-refractivity contribution >= 4 is 38.9 Å². The van der Waals surface area contributed by atoms with Gasteiger partial charge in [0.15, 0.2) is 9.84 Å². The lowest BCUT2D eigenvalue weighted by atomic mass is 10.0. The van der Waals surface area contributed by atoms with Crippen molar-refractivity contribution in [2.24, 2.45) is 0 Å². The van der Waals surface area contributed by atoms with Gasteiger partial charge >= 0.3 is 0 Å². The van der Waals surface area contributed by atoms with Gasteiger partial charge in [-0.2, -0.15) is 0 Å². The molecule has 0 aromatic heterocycles. The molecule has 21 heavy (non-hydrogen) atoms. The van der Waals surface area contributed by atoms with E-state index in [2.05, 4.69) is 5.32 Å². The molecule has 1 saturated heterocycles. The van der Waals surface area contributed by atoms with Gasteiger partial charge in [-0.3, -0.25) is 4.79 Å². The molecule has 1 aliphatic heterocycles. The number of carbonyl (C=O) groups is 1. The van der Waals surface area contributed by atoms with Crippen LogP contribution >= 0.6 is 23.2 Å². The summed E-state index contributed by atoms with van der Waals surface area (Å²) in [7, 11) is -3.21. The third-order valence-corrected chi connectivity index (χ3v) is 5.74. The highest BCUT2D eigenvalue weighted by Gasteiger charge is 2.40. The van der Waals surface area contributed by atoms with Gasteiger partial charge in [-0.15, -0.1) is 0 Å². The summed E-state index contributed by atoms with van der Waals surface area (Å²) in [5.41, 5.74) is -0.761. The molecule has 1 fully saturated rings. The normalized spacial score (nSPS) is 24.0. The van der Waals surface area contributed by atoms with Crippen LogP contribution in [0.5, 0.6) is 0 Å². The van der Waals surface area contributed by atoms with Crippen LogP contribution in [-0.4, -0.2) is 43.1 Å². The second-order valence-corrected chi connectivity index (χ2v) is 8.28. The molecule has 0 radical (unpaired) electrons. The molecular formula is C13H15Cl2NO4S. The van der Waals surface area contributed by atoms with Crippen LogP contribution < -0.4 is 5.32 Å². The van der Waals surface area contributed by atoms with Crippen molar-refractivity contribution in [3.05, 3.63) is 33.8 Å². The zero-order valence-electron chi connectivity index (χ0n) is 11.1. The van der Waals surface area contributed by atoms with Crippen LogP contribution in [0.25, 0.3) is 0 Å². The number of halogens is 2. The molecule has 116 valence electrons. The summed E-state index contributed by atoms with van der Waals surface area (Å²) in [6, 6.07) is 4.83. The SMILES string of the molecule is O=C(Cc1ccc(Cl)cc1Cl)NCC1(O)CCS(=O)(=O)C1. The summed E-state index contributed by atoms with van der Waals surface area (Å²) in [6.07, 6.45) is 0.177. The molecule has 0 bridgehead atoms. The maximum absolute atomic E-state index is 11.8. The lowest BCUT2D eigenvalue weighted by Gasteiger charge is -2.21. The highest BCUT2D eigenvalue weighted by molar-refractivity contribution is 7.91. The molecule has 1 heterocycles. The largest absolute Gasteiger partial charge is 0.387 e. The fourth-order valence-corrected chi connectivity index (χ4v) is 4.58. The van der Waals surface area contributed by atoms with Gasteiger partial charge in [-0.1, -0.05) is 29.3 Å². The van der Waals surface area contributed by atoms with Crippen molar-refractivity contribution < 1.29 is 18.3 Å². The van der Waals surface area contributed by atoms with Crippen LogP contribution in [0, 0.1) is 0 Å². The third kappa shape index (κ3) is 4.57. The lowest BCUT2D eigenvalue weighted by Crippen LogP contribution is -2.44. The topological polar surface area (TPSA) is 83.5 Å². The molecule has 8 heteroatoms. The van der Waals surface area contributed by atoms with Crippen LogP contribution in [0.1, 0.15) is 12.0 Å². The molecule has 1 amide bonds. The average molecular weight is 352 g/mol. The first kappa shape index (κ1) is 16.5. The number of sulfone groups is 1. The summed E-state index contributed by atoms with van der Waals surface area (Å²) < 4.78 is 22.7. The predicted molar refractivity (Wildman–Crippen MR) is 81.4 cm³/mol. The molecule has 1 aromatic carbocycles. The van der Waals surface area contributed by atoms with Crippen LogP contribution in [-0.2, 0) is 21.1 Å². The minimum absolute atomic E-state index is 0.0405. The molecule has 2 N–H and O–H groups in total. The van der Waals surface area contributed by atoms with Gasteiger partial charge in [0, 0.05) is 16.6 Å². The molecule has 1 aliphatic rings. The number of rotatable bonds is 4. The van der Waals surface area contributed by atoms with Crippen LogP contribution in [0.3, 0.4) is 0 Å². The maximum Gasteiger partial charge on any atom is 0.224 e. The Morgan fingerprint density at radius 3 is 2.67 bits per heavy atom. The van der Waals surface area contributed by atoms with Crippen LogP contribution in [0.15, 0.2) is 18.2 Å². The molecule has 1 unspecified atom stereocenters. The monoisotopic (exact) mass is 351 g/mol. The van der Waals surface area contributed by atoms with Gasteiger partial charge in [-0.25, -0.2) is 8.42 Å². The summed E-state index contributed by atoms with van der Waals surface area (Å²) >= 11 is 11.7. The molecule has 5 nitrogen and oxygen atoms in total. The Labute approximate surface area is 133 Å². The second-order valence-electron chi connectivity index (χ2n) is 5.26. The molecule has 1 atom stereocenters. The van der Waals surface area contributed by atoms with E-state index in [0.717, 1.165) is 0 Å². The van der Waals surface area contributed by atoms with Gasteiger partial charge in [0.05, 0.1) is 23.5 Å². The molecular weight excluding hydrogens is 337 g/mol. The Balaban J connectivity index is 1.91. The Kier molecular flexibility index (Phi) is 4.82. The standard InChI is InChI=1S/C13H15Cl2NO4S/c14-10-2-1-9(11(15)6-10)5-12(17)16-7-13(18)3-4-21(19,20)8-13/h1-2,6,18H,3-5,7-8H2,(H,16,17). The van der Waals surface area contributed by atoms with Gasteiger partial charge in [-0.05, 0) is 24.1 Å². The average Bonchev–Trinajstić information content (AvgIpc) is 2.65. The van der Waals surface area contributed by atoms with Gasteiger partial charge in [0.1, 0.15) is 0 Å². The van der Waals surface area contributed by atoms with Crippen molar-refractivity contribution in [2.45, 2.75) is 18.4 Å². The van der Waals surface area contributed by atoms with Crippen LogP contribution in [0.4, 0.5) is 0 Å². The first-order valence-corrected chi connectivity index (χ1v) is 8.90. The quantitative estimate of drug-likeness (QED) is 0.853. The van der Waals surface area contributed by atoms with E-state index in [1.165, 1.54) is 0 Å². The van der Waals surface area contributed by atoms with Gasteiger partial charge in [0.2, 0.25) is 5.91 Å². The van der Waals surface area contributed by atoms with E-state index < -0.39 is 15.4 Å². The van der Waals surface area contributed by atoms with E-state index >= 15 is 0 Å². The number of nitrogens with one attached hydrogen (secondary N) is 1. The number of amides is 1. The third-order valence-electron chi connectivity index (χ3n) is 3.35. The smallest absolute Gasteiger partial charge is 0.224 e. The summed E-state index contributed by atoms with van der Waals surface area (Å²) in [6.45, 7) is -0.0870. The van der Waals surface area contributed by atoms with Gasteiger partial charge in [0.25, 0.3) is 0 Å². The fourth-order valence-electron chi connectivity index (χ4n) is 2.20. The first-order valence-electron chi connectivity index (χ1n) is 6.33. The molecule has 1 aromatic rings. The first-order chi connectivity index (χ1) is 9.69. The highest BCUT2D eigenvalue weighted by atomic mass is 35.5. The van der Waals surface area contributed by atoms with Crippen molar-refractivity contribution in [1.29, 1.82) is 0 Å².